The average Bonchev–Trinajstić information content (AvgIpc) is 2.46. The van der Waals surface area contributed by atoms with Gasteiger partial charge in [0.1, 0.15) is 18.2 Å². The number of carbonyl (C=O) groups excluding carboxylic acids is 1. The second kappa shape index (κ2) is 6.74. The molecule has 0 amide bonds. The summed E-state index contributed by atoms with van der Waals surface area (Å²) in [5, 5.41) is 0. The van der Waals surface area contributed by atoms with E-state index in [1.807, 2.05) is 0 Å². The molecule has 0 saturated heterocycles. The standard InChI is InChI=1S/C16H16FNO3/c1-2-20-16(19)12-6-7-14(18)15(9-12)21-10-11-4-3-5-13(17)8-11/h3-9H,2,10,18H2,1H3. The Balaban J connectivity index is 2.12. The largest absolute Gasteiger partial charge is 0.487 e. The number of nitrogen functional groups attached to an aromatic ring is 1. The number of nitrogens with two attached hydrogens (primary N) is 1. The van der Waals surface area contributed by atoms with Gasteiger partial charge in [0.15, 0.2) is 0 Å². The molecule has 0 saturated carbocycles. The Kier molecular flexibility index (Phi) is 4.77. The first kappa shape index (κ1) is 14.8. The highest BCUT2D eigenvalue weighted by molar-refractivity contribution is 5.90. The summed E-state index contributed by atoms with van der Waals surface area (Å²) < 4.78 is 23.5. The highest BCUT2D eigenvalue weighted by Gasteiger charge is 2.10. The van der Waals surface area contributed by atoms with Crippen molar-refractivity contribution in [1.29, 1.82) is 0 Å². The summed E-state index contributed by atoms with van der Waals surface area (Å²) in [7, 11) is 0. The Morgan fingerprint density at radius 2 is 2.05 bits per heavy atom. The number of esters is 1. The van der Waals surface area contributed by atoms with Crippen molar-refractivity contribution in [2.75, 3.05) is 12.3 Å². The smallest absolute Gasteiger partial charge is 0.338 e. The highest BCUT2D eigenvalue weighted by Crippen LogP contribution is 2.24. The summed E-state index contributed by atoms with van der Waals surface area (Å²) in [4.78, 5) is 11.7. The van der Waals surface area contributed by atoms with Gasteiger partial charge < -0.3 is 15.2 Å². The maximum Gasteiger partial charge on any atom is 0.338 e. The first-order valence-electron chi connectivity index (χ1n) is 6.54. The van der Waals surface area contributed by atoms with Gasteiger partial charge in [-0.15, -0.1) is 0 Å². The van der Waals surface area contributed by atoms with Gasteiger partial charge in [-0.2, -0.15) is 0 Å². The van der Waals surface area contributed by atoms with E-state index in [0.29, 0.717) is 29.2 Å². The number of anilines is 1. The third-order valence-corrected chi connectivity index (χ3v) is 2.81. The van der Waals surface area contributed by atoms with Gasteiger partial charge in [0.25, 0.3) is 0 Å². The predicted octanol–water partition coefficient (Wildman–Crippen LogP) is 3.16. The third kappa shape index (κ3) is 3.95. The topological polar surface area (TPSA) is 61.5 Å². The first-order valence-corrected chi connectivity index (χ1v) is 6.54. The maximum atomic E-state index is 13.1. The Hall–Kier alpha value is -2.56. The molecule has 4 nitrogen and oxygen atoms in total. The van der Waals surface area contributed by atoms with E-state index in [1.165, 1.54) is 18.2 Å². The summed E-state index contributed by atoms with van der Waals surface area (Å²) in [6.07, 6.45) is 0. The minimum absolute atomic E-state index is 0.161. The summed E-state index contributed by atoms with van der Waals surface area (Å²) in [6.45, 7) is 2.19. The SMILES string of the molecule is CCOC(=O)c1ccc(N)c(OCc2cccc(F)c2)c1. The molecule has 0 aliphatic heterocycles. The molecule has 2 N–H and O–H groups in total. The van der Waals surface area contributed by atoms with Crippen molar-refractivity contribution < 1.29 is 18.7 Å². The van der Waals surface area contributed by atoms with Crippen LogP contribution in [0.2, 0.25) is 0 Å². The Bertz CT molecular complexity index is 643. The zero-order chi connectivity index (χ0) is 15.2. The molecule has 5 heteroatoms. The summed E-state index contributed by atoms with van der Waals surface area (Å²) in [5.74, 6) is -0.401. The number of rotatable bonds is 5. The fourth-order valence-electron chi connectivity index (χ4n) is 1.79. The van der Waals surface area contributed by atoms with Crippen molar-refractivity contribution >= 4 is 11.7 Å². The van der Waals surface area contributed by atoms with Gasteiger partial charge in [-0.1, -0.05) is 12.1 Å². The number of benzene rings is 2. The maximum absolute atomic E-state index is 13.1. The number of ether oxygens (including phenoxy) is 2. The van der Waals surface area contributed by atoms with Crippen molar-refractivity contribution in [2.24, 2.45) is 0 Å². The molecule has 0 heterocycles. The van der Waals surface area contributed by atoms with Gasteiger partial charge in [-0.05, 0) is 42.8 Å². The minimum Gasteiger partial charge on any atom is -0.487 e. The number of carbonyl (C=O) groups is 1. The van der Waals surface area contributed by atoms with Crippen molar-refractivity contribution in [1.82, 2.24) is 0 Å². The lowest BCUT2D eigenvalue weighted by atomic mass is 10.2. The molecule has 21 heavy (non-hydrogen) atoms. The second-order valence-corrected chi connectivity index (χ2v) is 4.39. The molecular formula is C16H16FNO3. The number of halogens is 1. The Morgan fingerprint density at radius 1 is 1.24 bits per heavy atom. The fourth-order valence-corrected chi connectivity index (χ4v) is 1.79. The van der Waals surface area contributed by atoms with E-state index in [2.05, 4.69) is 0 Å². The van der Waals surface area contributed by atoms with Gasteiger partial charge in [0, 0.05) is 0 Å². The van der Waals surface area contributed by atoms with Crippen LogP contribution in [0, 0.1) is 5.82 Å². The summed E-state index contributed by atoms with van der Waals surface area (Å²) >= 11 is 0. The molecule has 2 rings (SSSR count). The molecule has 2 aromatic carbocycles. The van der Waals surface area contributed by atoms with E-state index in [9.17, 15) is 9.18 Å². The lowest BCUT2D eigenvalue weighted by Gasteiger charge is -2.10. The minimum atomic E-state index is -0.437. The number of hydrogen-bond acceptors (Lipinski definition) is 4. The van der Waals surface area contributed by atoms with Crippen LogP contribution in [-0.4, -0.2) is 12.6 Å². The van der Waals surface area contributed by atoms with Crippen molar-refractivity contribution in [2.45, 2.75) is 13.5 Å². The van der Waals surface area contributed by atoms with Crippen LogP contribution in [0.3, 0.4) is 0 Å². The number of hydrogen-bond donors (Lipinski definition) is 1. The van der Waals surface area contributed by atoms with Crippen LogP contribution in [0.15, 0.2) is 42.5 Å². The summed E-state index contributed by atoms with van der Waals surface area (Å²) in [5.41, 5.74) is 7.25. The third-order valence-electron chi connectivity index (χ3n) is 2.81. The molecule has 0 aliphatic rings. The van der Waals surface area contributed by atoms with Gasteiger partial charge in [-0.3, -0.25) is 0 Å². The zero-order valence-corrected chi connectivity index (χ0v) is 11.6. The molecule has 0 aliphatic carbocycles. The molecule has 0 fully saturated rings. The predicted molar refractivity (Wildman–Crippen MR) is 77.5 cm³/mol. The van der Waals surface area contributed by atoms with E-state index in [4.69, 9.17) is 15.2 Å². The van der Waals surface area contributed by atoms with E-state index in [-0.39, 0.29) is 12.4 Å². The van der Waals surface area contributed by atoms with E-state index in [1.54, 1.807) is 31.2 Å². The van der Waals surface area contributed by atoms with E-state index >= 15 is 0 Å². The van der Waals surface area contributed by atoms with Crippen LogP contribution in [0.5, 0.6) is 5.75 Å². The molecular weight excluding hydrogens is 273 g/mol. The van der Waals surface area contributed by atoms with Crippen molar-refractivity contribution in [3.05, 3.63) is 59.4 Å². The molecule has 0 bridgehead atoms. The van der Waals surface area contributed by atoms with Crippen molar-refractivity contribution in [3.8, 4) is 5.75 Å². The zero-order valence-electron chi connectivity index (χ0n) is 11.6. The van der Waals surface area contributed by atoms with Gasteiger partial charge in [0.05, 0.1) is 17.9 Å². The monoisotopic (exact) mass is 289 g/mol. The van der Waals surface area contributed by atoms with Gasteiger partial charge in [-0.25, -0.2) is 9.18 Å². The lowest BCUT2D eigenvalue weighted by molar-refractivity contribution is 0.0526. The van der Waals surface area contributed by atoms with Crippen LogP contribution in [0.25, 0.3) is 0 Å². The molecule has 0 spiro atoms. The van der Waals surface area contributed by atoms with E-state index in [0.717, 1.165) is 0 Å². The molecule has 0 atom stereocenters. The van der Waals surface area contributed by atoms with Crippen LogP contribution >= 0.6 is 0 Å². The second-order valence-electron chi connectivity index (χ2n) is 4.39. The van der Waals surface area contributed by atoms with Gasteiger partial charge >= 0.3 is 5.97 Å². The van der Waals surface area contributed by atoms with Gasteiger partial charge in [0.2, 0.25) is 0 Å². The molecule has 0 radical (unpaired) electrons. The summed E-state index contributed by atoms with van der Waals surface area (Å²) in [6, 6.07) is 10.8. The fraction of sp³-hybridized carbons (Fsp3) is 0.188. The highest BCUT2D eigenvalue weighted by atomic mass is 19.1. The van der Waals surface area contributed by atoms with Crippen LogP contribution in [0.1, 0.15) is 22.8 Å². The average molecular weight is 289 g/mol. The molecule has 0 aromatic heterocycles. The molecule has 110 valence electrons. The normalized spacial score (nSPS) is 10.2. The van der Waals surface area contributed by atoms with Crippen molar-refractivity contribution in [3.63, 3.8) is 0 Å². The lowest BCUT2D eigenvalue weighted by Crippen LogP contribution is -2.06. The van der Waals surface area contributed by atoms with Crippen LogP contribution in [-0.2, 0) is 11.3 Å². The van der Waals surface area contributed by atoms with E-state index < -0.39 is 5.97 Å². The Labute approximate surface area is 122 Å². The quantitative estimate of drug-likeness (QED) is 0.678. The molecule has 0 unspecified atom stereocenters. The van der Waals surface area contributed by atoms with Crippen LogP contribution in [0.4, 0.5) is 10.1 Å². The molecule has 2 aromatic rings. The Morgan fingerprint density at radius 3 is 2.76 bits per heavy atom. The first-order chi connectivity index (χ1) is 10.1. The van der Waals surface area contributed by atoms with Crippen LogP contribution < -0.4 is 10.5 Å².